The quantitative estimate of drug-likeness (QED) is 0.602. The van der Waals surface area contributed by atoms with E-state index in [-0.39, 0.29) is 5.91 Å². The summed E-state index contributed by atoms with van der Waals surface area (Å²) in [5, 5.41) is 3.80. The normalized spacial score (nSPS) is 10.8. The number of hydrogen-bond donors (Lipinski definition) is 1. The maximum Gasteiger partial charge on any atom is 0.230 e. The molecule has 1 aromatic heterocycles. The summed E-state index contributed by atoms with van der Waals surface area (Å²) < 4.78 is 12.6. The predicted octanol–water partition coefficient (Wildman–Crippen LogP) is 3.48. The Balaban J connectivity index is 1.59. The van der Waals surface area contributed by atoms with E-state index in [0.29, 0.717) is 23.8 Å². The molecule has 0 radical (unpaired) electrons. The van der Waals surface area contributed by atoms with Crippen LogP contribution < -0.4 is 14.8 Å². The molecule has 2 aromatic carbocycles. The van der Waals surface area contributed by atoms with Gasteiger partial charge in [0.15, 0.2) is 16.7 Å². The number of rotatable bonds is 8. The van der Waals surface area contributed by atoms with Gasteiger partial charge in [0.25, 0.3) is 0 Å². The lowest BCUT2D eigenvalue weighted by Crippen LogP contribution is -2.24. The van der Waals surface area contributed by atoms with Gasteiger partial charge >= 0.3 is 0 Å². The lowest BCUT2D eigenvalue weighted by atomic mass is 10.2. The molecule has 27 heavy (non-hydrogen) atoms. The van der Waals surface area contributed by atoms with E-state index in [9.17, 15) is 4.79 Å². The number of nitrogens with one attached hydrogen (secondary N) is 1. The minimum Gasteiger partial charge on any atom is -0.493 e. The molecule has 0 unspecified atom stereocenters. The van der Waals surface area contributed by atoms with Crippen molar-refractivity contribution in [1.29, 1.82) is 0 Å². The standard InChI is InChI=1S/C20H23N3O3S/c1-4-23-16-8-6-5-7-15(16)22-20(23)27-13-19(24)21-12-14-9-10-17(25-2)18(11-14)26-3/h5-11H,4,12-13H2,1-3H3,(H,21,24). The van der Waals surface area contributed by atoms with E-state index in [1.54, 1.807) is 14.2 Å². The number of carbonyl (C=O) groups is 1. The number of ether oxygens (including phenoxy) is 2. The molecule has 0 aliphatic heterocycles. The number of amides is 1. The molecule has 0 saturated heterocycles. The second-order valence-corrected chi connectivity index (χ2v) is 6.82. The van der Waals surface area contributed by atoms with Crippen LogP contribution in [-0.2, 0) is 17.9 Å². The highest BCUT2D eigenvalue weighted by atomic mass is 32.2. The number of aryl methyl sites for hydroxylation is 1. The van der Waals surface area contributed by atoms with Crippen molar-refractivity contribution in [1.82, 2.24) is 14.9 Å². The van der Waals surface area contributed by atoms with Gasteiger partial charge in [0.1, 0.15) is 0 Å². The second kappa shape index (κ2) is 8.81. The number of benzene rings is 2. The Bertz CT molecular complexity index is 939. The molecular formula is C20H23N3O3S. The first-order chi connectivity index (χ1) is 13.2. The fourth-order valence-electron chi connectivity index (χ4n) is 2.84. The maximum atomic E-state index is 12.3. The molecular weight excluding hydrogens is 362 g/mol. The Morgan fingerprint density at radius 1 is 1.15 bits per heavy atom. The Labute approximate surface area is 162 Å². The average Bonchev–Trinajstić information content (AvgIpc) is 3.07. The van der Waals surface area contributed by atoms with Crippen molar-refractivity contribution in [3.8, 4) is 11.5 Å². The molecule has 0 fully saturated rings. The van der Waals surface area contributed by atoms with Gasteiger partial charge in [-0.15, -0.1) is 0 Å². The summed E-state index contributed by atoms with van der Waals surface area (Å²) in [4.78, 5) is 16.9. The van der Waals surface area contributed by atoms with Gasteiger partial charge in [0.05, 0.1) is 31.0 Å². The number of nitrogens with zero attached hydrogens (tertiary/aromatic N) is 2. The van der Waals surface area contributed by atoms with Gasteiger partial charge in [-0.1, -0.05) is 30.0 Å². The molecule has 6 nitrogen and oxygen atoms in total. The van der Waals surface area contributed by atoms with E-state index >= 15 is 0 Å². The molecule has 0 bridgehead atoms. The first-order valence-electron chi connectivity index (χ1n) is 8.72. The number of para-hydroxylation sites is 2. The van der Waals surface area contributed by atoms with Gasteiger partial charge in [-0.3, -0.25) is 4.79 Å². The third-order valence-electron chi connectivity index (χ3n) is 4.21. The summed E-state index contributed by atoms with van der Waals surface area (Å²) in [6.45, 7) is 3.33. The van der Waals surface area contributed by atoms with E-state index in [1.807, 2.05) is 42.5 Å². The Morgan fingerprint density at radius 3 is 2.67 bits per heavy atom. The van der Waals surface area contributed by atoms with E-state index in [1.165, 1.54) is 11.8 Å². The Hall–Kier alpha value is -2.67. The smallest absolute Gasteiger partial charge is 0.230 e. The van der Waals surface area contributed by atoms with Crippen LogP contribution >= 0.6 is 11.8 Å². The predicted molar refractivity (Wildman–Crippen MR) is 108 cm³/mol. The van der Waals surface area contributed by atoms with Gasteiger partial charge in [0, 0.05) is 13.1 Å². The fourth-order valence-corrected chi connectivity index (χ4v) is 3.75. The summed E-state index contributed by atoms with van der Waals surface area (Å²) in [6, 6.07) is 13.6. The zero-order chi connectivity index (χ0) is 19.2. The van der Waals surface area contributed by atoms with Crippen LogP contribution in [0.4, 0.5) is 0 Å². The third-order valence-corrected chi connectivity index (χ3v) is 5.18. The Kier molecular flexibility index (Phi) is 6.24. The summed E-state index contributed by atoms with van der Waals surface area (Å²) in [7, 11) is 3.19. The highest BCUT2D eigenvalue weighted by Crippen LogP contribution is 2.27. The third kappa shape index (κ3) is 4.36. The fraction of sp³-hybridized carbons (Fsp3) is 0.300. The zero-order valence-electron chi connectivity index (χ0n) is 15.7. The molecule has 142 valence electrons. The molecule has 0 atom stereocenters. The summed E-state index contributed by atoms with van der Waals surface area (Å²) in [5.41, 5.74) is 2.99. The largest absolute Gasteiger partial charge is 0.493 e. The van der Waals surface area contributed by atoms with Crippen LogP contribution in [0.2, 0.25) is 0 Å². The van der Waals surface area contributed by atoms with Crippen molar-refractivity contribution < 1.29 is 14.3 Å². The molecule has 1 heterocycles. The van der Waals surface area contributed by atoms with Gasteiger partial charge in [0.2, 0.25) is 5.91 Å². The van der Waals surface area contributed by atoms with E-state index in [0.717, 1.165) is 28.3 Å². The van der Waals surface area contributed by atoms with Crippen LogP contribution in [0, 0.1) is 0 Å². The van der Waals surface area contributed by atoms with Crippen molar-refractivity contribution in [2.75, 3.05) is 20.0 Å². The number of carbonyl (C=O) groups excluding carboxylic acids is 1. The van der Waals surface area contributed by atoms with Crippen molar-refractivity contribution in [3.63, 3.8) is 0 Å². The zero-order valence-corrected chi connectivity index (χ0v) is 16.5. The van der Waals surface area contributed by atoms with E-state index < -0.39 is 0 Å². The number of thioether (sulfide) groups is 1. The number of imidazole rings is 1. The minimum atomic E-state index is -0.0375. The molecule has 0 aliphatic carbocycles. The van der Waals surface area contributed by atoms with Crippen LogP contribution in [0.15, 0.2) is 47.6 Å². The molecule has 0 spiro atoms. The maximum absolute atomic E-state index is 12.3. The number of aromatic nitrogens is 2. The van der Waals surface area contributed by atoms with E-state index in [4.69, 9.17) is 9.47 Å². The van der Waals surface area contributed by atoms with E-state index in [2.05, 4.69) is 21.8 Å². The average molecular weight is 385 g/mol. The van der Waals surface area contributed by atoms with Crippen LogP contribution in [0.1, 0.15) is 12.5 Å². The molecule has 3 rings (SSSR count). The van der Waals surface area contributed by atoms with Gasteiger partial charge in [-0.05, 0) is 36.8 Å². The van der Waals surface area contributed by atoms with Gasteiger partial charge in [-0.2, -0.15) is 0 Å². The lowest BCUT2D eigenvalue weighted by Gasteiger charge is -2.10. The lowest BCUT2D eigenvalue weighted by molar-refractivity contribution is -0.118. The first-order valence-corrected chi connectivity index (χ1v) is 9.70. The SMILES string of the molecule is CCn1c(SCC(=O)NCc2ccc(OC)c(OC)c2)nc2ccccc21. The molecule has 7 heteroatoms. The minimum absolute atomic E-state index is 0.0375. The van der Waals surface area contributed by atoms with Crippen molar-refractivity contribution in [2.24, 2.45) is 0 Å². The summed E-state index contributed by atoms with van der Waals surface area (Å²) in [6.07, 6.45) is 0. The molecule has 1 N–H and O–H groups in total. The van der Waals surface area contributed by atoms with Crippen molar-refractivity contribution in [2.45, 2.75) is 25.2 Å². The molecule has 1 amide bonds. The molecule has 3 aromatic rings. The number of hydrogen-bond acceptors (Lipinski definition) is 5. The van der Waals surface area contributed by atoms with Gasteiger partial charge < -0.3 is 19.4 Å². The highest BCUT2D eigenvalue weighted by molar-refractivity contribution is 7.99. The second-order valence-electron chi connectivity index (χ2n) is 5.88. The van der Waals surface area contributed by atoms with Crippen molar-refractivity contribution >= 4 is 28.7 Å². The Morgan fingerprint density at radius 2 is 1.93 bits per heavy atom. The highest BCUT2D eigenvalue weighted by Gasteiger charge is 2.12. The van der Waals surface area contributed by atoms with Crippen LogP contribution in [0.3, 0.4) is 0 Å². The molecule has 0 saturated carbocycles. The van der Waals surface area contributed by atoms with Crippen LogP contribution in [0.5, 0.6) is 11.5 Å². The monoisotopic (exact) mass is 385 g/mol. The summed E-state index contributed by atoms with van der Waals surface area (Å²) >= 11 is 1.45. The van der Waals surface area contributed by atoms with Crippen LogP contribution in [-0.4, -0.2) is 35.4 Å². The number of fused-ring (bicyclic) bond motifs is 1. The van der Waals surface area contributed by atoms with Crippen LogP contribution in [0.25, 0.3) is 11.0 Å². The summed E-state index contributed by atoms with van der Waals surface area (Å²) in [5.74, 6) is 1.60. The molecule has 0 aliphatic rings. The van der Waals surface area contributed by atoms with Crippen molar-refractivity contribution in [3.05, 3.63) is 48.0 Å². The first kappa shape index (κ1) is 19.1. The van der Waals surface area contributed by atoms with Gasteiger partial charge in [-0.25, -0.2) is 4.98 Å². The topological polar surface area (TPSA) is 65.4 Å². The number of methoxy groups -OCH3 is 2.